The predicted octanol–water partition coefficient (Wildman–Crippen LogP) is 3.19. The number of carboxylic acid groups (broad SMARTS) is 1. The monoisotopic (exact) mass is 423 g/mol. The van der Waals surface area contributed by atoms with Crippen LogP contribution in [0.25, 0.3) is 0 Å². The lowest BCUT2D eigenvalue weighted by Crippen LogP contribution is -2.26. The minimum absolute atomic E-state index is 0.397. The highest BCUT2D eigenvalue weighted by molar-refractivity contribution is 9.11. The normalized spacial score (nSPS) is 12.2. The quantitative estimate of drug-likeness (QED) is 0.596. The van der Waals surface area contributed by atoms with Gasteiger partial charge in [-0.3, -0.25) is 0 Å². The summed E-state index contributed by atoms with van der Waals surface area (Å²) in [7, 11) is 1.66. The first kappa shape index (κ1) is 18.4. The van der Waals surface area contributed by atoms with E-state index in [0.29, 0.717) is 25.3 Å². The number of ether oxygens (including phenoxy) is 2. The molecule has 0 radical (unpaired) electrons. The molecule has 1 aromatic carbocycles. The highest BCUT2D eigenvalue weighted by Crippen LogP contribution is 2.35. The van der Waals surface area contributed by atoms with Gasteiger partial charge in [-0.2, -0.15) is 0 Å². The van der Waals surface area contributed by atoms with Crippen molar-refractivity contribution in [2.24, 2.45) is 0 Å². The minimum atomic E-state index is -0.971. The first-order chi connectivity index (χ1) is 9.99. The fourth-order valence-electron chi connectivity index (χ4n) is 1.68. The van der Waals surface area contributed by atoms with E-state index in [4.69, 9.17) is 14.6 Å². The Hall–Kier alpha value is -0.630. The first-order valence-electron chi connectivity index (χ1n) is 6.56. The molecule has 0 saturated carbocycles. The molecule has 0 saturated heterocycles. The van der Waals surface area contributed by atoms with Gasteiger partial charge in [0.25, 0.3) is 0 Å². The molecule has 0 bridgehead atoms. The van der Waals surface area contributed by atoms with Gasteiger partial charge < -0.3 is 19.9 Å². The summed E-state index contributed by atoms with van der Waals surface area (Å²) in [5.74, 6) is -0.466. The maximum absolute atomic E-state index is 11.0. The smallest absolute Gasteiger partial charge is 0.344 e. The number of halogens is 2. The van der Waals surface area contributed by atoms with Crippen molar-refractivity contribution in [2.45, 2.75) is 26.0 Å². The zero-order chi connectivity index (χ0) is 15.8. The molecule has 1 rings (SSSR count). The Kier molecular flexibility index (Phi) is 8.24. The summed E-state index contributed by atoms with van der Waals surface area (Å²) in [5, 5.41) is 12.3. The molecule has 5 nitrogen and oxygen atoms in total. The molecule has 0 aliphatic carbocycles. The molecule has 0 aliphatic rings. The van der Waals surface area contributed by atoms with Crippen molar-refractivity contribution < 1.29 is 19.4 Å². The van der Waals surface area contributed by atoms with Crippen LogP contribution >= 0.6 is 31.9 Å². The van der Waals surface area contributed by atoms with Gasteiger partial charge in [0.05, 0.1) is 15.6 Å². The Labute approximate surface area is 141 Å². The van der Waals surface area contributed by atoms with Crippen LogP contribution in [0.4, 0.5) is 0 Å². The standard InChI is InChI=1S/C14H19Br2NO4/c1-3-12(14(18)19)21-13-10(15)6-9(7-11(13)16)8-17-4-5-20-2/h6-7,12,17H,3-5,8H2,1-2H3,(H,18,19). The lowest BCUT2D eigenvalue weighted by Gasteiger charge is -2.17. The van der Waals surface area contributed by atoms with Crippen LogP contribution in [0.15, 0.2) is 21.1 Å². The molecule has 0 amide bonds. The van der Waals surface area contributed by atoms with Crippen molar-refractivity contribution >= 4 is 37.8 Å². The second kappa shape index (κ2) is 9.40. The Morgan fingerprint density at radius 3 is 2.48 bits per heavy atom. The van der Waals surface area contributed by atoms with Crippen LogP contribution in [0.3, 0.4) is 0 Å². The molecule has 2 N–H and O–H groups in total. The molecule has 1 unspecified atom stereocenters. The van der Waals surface area contributed by atoms with Crippen LogP contribution in [-0.4, -0.2) is 37.4 Å². The Bertz CT molecular complexity index is 459. The van der Waals surface area contributed by atoms with E-state index in [-0.39, 0.29) is 0 Å². The second-order valence-electron chi connectivity index (χ2n) is 4.41. The molecule has 21 heavy (non-hydrogen) atoms. The second-order valence-corrected chi connectivity index (χ2v) is 6.12. The molecular weight excluding hydrogens is 406 g/mol. The van der Waals surface area contributed by atoms with Gasteiger partial charge in [0.15, 0.2) is 6.10 Å². The van der Waals surface area contributed by atoms with Crippen LogP contribution < -0.4 is 10.1 Å². The fourth-order valence-corrected chi connectivity index (χ4v) is 3.15. The maximum Gasteiger partial charge on any atom is 0.344 e. The van der Waals surface area contributed by atoms with Gasteiger partial charge in [-0.1, -0.05) is 6.92 Å². The van der Waals surface area contributed by atoms with Crippen molar-refractivity contribution in [1.29, 1.82) is 0 Å². The van der Waals surface area contributed by atoms with E-state index in [2.05, 4.69) is 37.2 Å². The third kappa shape index (κ3) is 5.94. The zero-order valence-corrected chi connectivity index (χ0v) is 15.2. The van der Waals surface area contributed by atoms with Crippen molar-refractivity contribution in [1.82, 2.24) is 5.32 Å². The molecule has 0 aliphatic heterocycles. The summed E-state index contributed by atoms with van der Waals surface area (Å²) in [6.45, 7) is 3.88. The topological polar surface area (TPSA) is 67.8 Å². The molecule has 0 fully saturated rings. The van der Waals surface area contributed by atoms with Gasteiger partial charge in [-0.15, -0.1) is 0 Å². The Balaban J connectivity index is 2.77. The third-order valence-corrected chi connectivity index (χ3v) is 3.95. The number of rotatable bonds is 9. The number of carbonyl (C=O) groups is 1. The molecule has 7 heteroatoms. The minimum Gasteiger partial charge on any atom is -0.479 e. The summed E-state index contributed by atoms with van der Waals surface area (Å²) in [4.78, 5) is 11.0. The Morgan fingerprint density at radius 1 is 1.38 bits per heavy atom. The summed E-state index contributed by atoms with van der Waals surface area (Å²) >= 11 is 6.85. The molecule has 0 heterocycles. The molecule has 1 atom stereocenters. The number of nitrogens with one attached hydrogen (secondary N) is 1. The average Bonchev–Trinajstić information content (AvgIpc) is 2.42. The highest BCUT2D eigenvalue weighted by atomic mass is 79.9. The predicted molar refractivity (Wildman–Crippen MR) is 87.8 cm³/mol. The number of carboxylic acids is 1. The molecule has 1 aromatic rings. The van der Waals surface area contributed by atoms with Crippen LogP contribution in [0, 0.1) is 0 Å². The van der Waals surface area contributed by atoms with Crippen molar-refractivity contribution in [3.63, 3.8) is 0 Å². The van der Waals surface area contributed by atoms with Crippen LogP contribution in [0.2, 0.25) is 0 Å². The number of hydrogen-bond acceptors (Lipinski definition) is 4. The Morgan fingerprint density at radius 2 is 2.00 bits per heavy atom. The van der Waals surface area contributed by atoms with E-state index in [0.717, 1.165) is 21.1 Å². The van der Waals surface area contributed by atoms with E-state index in [1.807, 2.05) is 12.1 Å². The van der Waals surface area contributed by atoms with Crippen LogP contribution in [0.1, 0.15) is 18.9 Å². The van der Waals surface area contributed by atoms with Gasteiger partial charge in [-0.25, -0.2) is 4.79 Å². The van der Waals surface area contributed by atoms with E-state index in [1.54, 1.807) is 14.0 Å². The fraction of sp³-hybridized carbons (Fsp3) is 0.500. The van der Waals surface area contributed by atoms with Gasteiger partial charge in [0.2, 0.25) is 0 Å². The average molecular weight is 425 g/mol. The van der Waals surface area contributed by atoms with E-state index in [9.17, 15) is 4.79 Å². The highest BCUT2D eigenvalue weighted by Gasteiger charge is 2.20. The third-order valence-electron chi connectivity index (χ3n) is 2.78. The lowest BCUT2D eigenvalue weighted by atomic mass is 10.2. The van der Waals surface area contributed by atoms with Crippen molar-refractivity contribution in [2.75, 3.05) is 20.3 Å². The number of methoxy groups -OCH3 is 1. The summed E-state index contributed by atoms with van der Waals surface area (Å²) in [6.07, 6.45) is -0.461. The van der Waals surface area contributed by atoms with E-state index >= 15 is 0 Å². The van der Waals surface area contributed by atoms with E-state index in [1.165, 1.54) is 0 Å². The molecule has 118 valence electrons. The van der Waals surface area contributed by atoms with Crippen molar-refractivity contribution in [3.05, 3.63) is 26.6 Å². The van der Waals surface area contributed by atoms with Crippen LogP contribution in [0.5, 0.6) is 5.75 Å². The van der Waals surface area contributed by atoms with Gasteiger partial charge in [0, 0.05) is 20.2 Å². The summed E-state index contributed by atoms with van der Waals surface area (Å²) < 4.78 is 12.0. The molecule has 0 spiro atoms. The van der Waals surface area contributed by atoms with E-state index < -0.39 is 12.1 Å². The van der Waals surface area contributed by atoms with Gasteiger partial charge in [-0.05, 0) is 56.0 Å². The summed E-state index contributed by atoms with van der Waals surface area (Å²) in [6, 6.07) is 3.82. The number of benzene rings is 1. The van der Waals surface area contributed by atoms with Crippen LogP contribution in [-0.2, 0) is 16.1 Å². The molecule has 0 aromatic heterocycles. The lowest BCUT2D eigenvalue weighted by molar-refractivity contribution is -0.145. The molecular formula is C14H19Br2NO4. The largest absolute Gasteiger partial charge is 0.479 e. The number of aliphatic carboxylic acids is 1. The summed E-state index contributed by atoms with van der Waals surface area (Å²) in [5.41, 5.74) is 1.06. The van der Waals surface area contributed by atoms with Gasteiger partial charge >= 0.3 is 5.97 Å². The van der Waals surface area contributed by atoms with Crippen molar-refractivity contribution in [3.8, 4) is 5.75 Å². The van der Waals surface area contributed by atoms with Gasteiger partial charge in [0.1, 0.15) is 5.75 Å². The first-order valence-corrected chi connectivity index (χ1v) is 8.15. The maximum atomic E-state index is 11.0. The SMILES string of the molecule is CCC(Oc1c(Br)cc(CNCCOC)cc1Br)C(=O)O. The number of hydrogen-bond donors (Lipinski definition) is 2. The zero-order valence-electron chi connectivity index (χ0n) is 12.0.